The van der Waals surface area contributed by atoms with Crippen LogP contribution in [0, 0.1) is 18.8 Å². The molecule has 0 atom stereocenters. The Morgan fingerprint density at radius 1 is 1.25 bits per heavy atom. The van der Waals surface area contributed by atoms with Gasteiger partial charge in [0.2, 0.25) is 0 Å². The Labute approximate surface area is 117 Å². The van der Waals surface area contributed by atoms with E-state index in [1.165, 1.54) is 0 Å². The number of rotatable bonds is 2. The number of hydrogen-bond acceptors (Lipinski definition) is 3. The molecular weight excluding hydrogens is 248 g/mol. The highest BCUT2D eigenvalue weighted by Crippen LogP contribution is 2.06. The van der Waals surface area contributed by atoms with E-state index in [1.54, 1.807) is 10.7 Å². The Balaban J connectivity index is 1.67. The fourth-order valence-corrected chi connectivity index (χ4v) is 1.96. The first-order chi connectivity index (χ1) is 9.81. The number of pyridine rings is 1. The van der Waals surface area contributed by atoms with Gasteiger partial charge in [-0.25, -0.2) is 14.5 Å². The normalized spacial score (nSPS) is 10.2. The summed E-state index contributed by atoms with van der Waals surface area (Å²) >= 11 is 0. The molecule has 0 spiro atoms. The van der Waals surface area contributed by atoms with Gasteiger partial charge in [0.1, 0.15) is 5.69 Å². The van der Waals surface area contributed by atoms with E-state index >= 15 is 0 Å². The maximum absolute atomic E-state index is 4.56. The molecule has 0 radical (unpaired) electrons. The predicted molar refractivity (Wildman–Crippen MR) is 77.2 cm³/mol. The zero-order valence-corrected chi connectivity index (χ0v) is 11.2. The highest BCUT2D eigenvalue weighted by atomic mass is 15.2. The fraction of sp³-hybridized carbons (Fsp3) is 0.188. The Morgan fingerprint density at radius 2 is 2.20 bits per heavy atom. The van der Waals surface area contributed by atoms with E-state index in [4.69, 9.17) is 0 Å². The summed E-state index contributed by atoms with van der Waals surface area (Å²) in [7, 11) is 0. The molecule has 20 heavy (non-hydrogen) atoms. The van der Waals surface area contributed by atoms with Crippen molar-refractivity contribution < 1.29 is 0 Å². The second kappa shape index (κ2) is 5.54. The molecule has 0 aliphatic heterocycles. The van der Waals surface area contributed by atoms with Crippen LogP contribution in [-0.2, 0) is 6.42 Å². The van der Waals surface area contributed by atoms with Crippen molar-refractivity contribution in [1.29, 1.82) is 0 Å². The van der Waals surface area contributed by atoms with Gasteiger partial charge in [0, 0.05) is 37.0 Å². The molecule has 0 saturated carbocycles. The lowest BCUT2D eigenvalue weighted by atomic mass is 10.2. The van der Waals surface area contributed by atoms with Crippen molar-refractivity contribution in [1.82, 2.24) is 19.6 Å². The van der Waals surface area contributed by atoms with Crippen molar-refractivity contribution in [3.05, 3.63) is 59.8 Å². The number of hydrogen-bond donors (Lipinski definition) is 0. The van der Waals surface area contributed by atoms with Crippen LogP contribution in [0.5, 0.6) is 0 Å². The predicted octanol–water partition coefficient (Wildman–Crippen LogP) is 2.42. The van der Waals surface area contributed by atoms with Gasteiger partial charge in [-0.2, -0.15) is 5.10 Å². The van der Waals surface area contributed by atoms with Gasteiger partial charge in [0.05, 0.1) is 5.69 Å². The maximum Gasteiger partial charge on any atom is 0.155 e. The van der Waals surface area contributed by atoms with Crippen LogP contribution in [0.15, 0.2) is 42.7 Å². The Bertz CT molecular complexity index is 778. The minimum atomic E-state index is 0.771. The molecule has 0 bridgehead atoms. The zero-order valence-electron chi connectivity index (χ0n) is 11.2. The van der Waals surface area contributed by atoms with Crippen molar-refractivity contribution >= 4 is 5.65 Å². The summed E-state index contributed by atoms with van der Waals surface area (Å²) in [6.07, 6.45) is 5.30. The van der Waals surface area contributed by atoms with Crippen LogP contribution >= 0.6 is 0 Å². The van der Waals surface area contributed by atoms with Crippen molar-refractivity contribution in [3.63, 3.8) is 0 Å². The summed E-state index contributed by atoms with van der Waals surface area (Å²) in [5.74, 6) is 6.18. The monoisotopic (exact) mass is 262 g/mol. The molecule has 0 amide bonds. The third kappa shape index (κ3) is 2.83. The van der Waals surface area contributed by atoms with Gasteiger partial charge in [0.15, 0.2) is 5.65 Å². The third-order valence-electron chi connectivity index (χ3n) is 2.89. The molecule has 0 aliphatic carbocycles. The van der Waals surface area contributed by atoms with Gasteiger partial charge in [0.25, 0.3) is 0 Å². The molecule has 3 aromatic heterocycles. The first-order valence-corrected chi connectivity index (χ1v) is 6.53. The minimum absolute atomic E-state index is 0.771. The van der Waals surface area contributed by atoms with Crippen LogP contribution in [0.1, 0.15) is 23.5 Å². The molecular formula is C16H14N4. The molecule has 4 heteroatoms. The Morgan fingerprint density at radius 3 is 3.05 bits per heavy atom. The smallest absolute Gasteiger partial charge is 0.155 e. The molecule has 0 aliphatic rings. The van der Waals surface area contributed by atoms with Gasteiger partial charge in [-0.1, -0.05) is 12.0 Å². The van der Waals surface area contributed by atoms with E-state index in [1.807, 2.05) is 43.5 Å². The van der Waals surface area contributed by atoms with E-state index in [0.717, 1.165) is 35.6 Å². The maximum atomic E-state index is 4.56. The number of aryl methyl sites for hydroxylation is 2. The second-order valence-electron chi connectivity index (χ2n) is 4.52. The average Bonchev–Trinajstić information content (AvgIpc) is 2.84. The SMILES string of the molecule is Cc1cc2nc(CCC#Cc3ccccn3)ccn2n1. The Kier molecular flexibility index (Phi) is 3.42. The van der Waals surface area contributed by atoms with Gasteiger partial charge in [-0.3, -0.25) is 0 Å². The van der Waals surface area contributed by atoms with Crippen LogP contribution in [-0.4, -0.2) is 19.6 Å². The van der Waals surface area contributed by atoms with Crippen molar-refractivity contribution in [3.8, 4) is 11.8 Å². The number of aromatic nitrogens is 4. The molecule has 3 aromatic rings. The molecule has 0 unspecified atom stereocenters. The fourth-order valence-electron chi connectivity index (χ4n) is 1.96. The number of nitrogens with zero attached hydrogens (tertiary/aromatic N) is 4. The third-order valence-corrected chi connectivity index (χ3v) is 2.89. The highest BCUT2D eigenvalue weighted by Gasteiger charge is 2.00. The molecule has 3 rings (SSSR count). The first kappa shape index (κ1) is 12.4. The lowest BCUT2D eigenvalue weighted by Crippen LogP contribution is -1.94. The summed E-state index contributed by atoms with van der Waals surface area (Å²) in [4.78, 5) is 8.72. The van der Waals surface area contributed by atoms with Crippen LogP contribution in [0.3, 0.4) is 0 Å². The van der Waals surface area contributed by atoms with Gasteiger partial charge >= 0.3 is 0 Å². The van der Waals surface area contributed by atoms with Gasteiger partial charge in [-0.05, 0) is 31.0 Å². The second-order valence-corrected chi connectivity index (χ2v) is 4.52. The van der Waals surface area contributed by atoms with Crippen LogP contribution in [0.25, 0.3) is 5.65 Å². The van der Waals surface area contributed by atoms with Crippen LogP contribution in [0.4, 0.5) is 0 Å². The van der Waals surface area contributed by atoms with E-state index < -0.39 is 0 Å². The zero-order chi connectivity index (χ0) is 13.8. The molecule has 4 nitrogen and oxygen atoms in total. The summed E-state index contributed by atoms with van der Waals surface area (Å²) in [5.41, 5.74) is 3.71. The lowest BCUT2D eigenvalue weighted by Gasteiger charge is -1.97. The lowest BCUT2D eigenvalue weighted by molar-refractivity contribution is 0.884. The topological polar surface area (TPSA) is 43.1 Å². The molecule has 0 aromatic carbocycles. The molecule has 0 N–H and O–H groups in total. The standard InChI is InChI=1S/C16H14N4/c1-13-12-16-18-15(9-11-20(16)19-13)8-3-2-6-14-7-4-5-10-17-14/h4-5,7,9-12H,3,8H2,1H3. The molecule has 0 fully saturated rings. The van der Waals surface area contributed by atoms with Gasteiger partial charge < -0.3 is 0 Å². The summed E-state index contributed by atoms with van der Waals surface area (Å²) < 4.78 is 1.79. The largest absolute Gasteiger partial charge is 0.248 e. The van der Waals surface area contributed by atoms with E-state index in [9.17, 15) is 0 Å². The van der Waals surface area contributed by atoms with E-state index in [0.29, 0.717) is 0 Å². The minimum Gasteiger partial charge on any atom is -0.248 e. The average molecular weight is 262 g/mol. The van der Waals surface area contributed by atoms with E-state index in [2.05, 4.69) is 26.9 Å². The summed E-state index contributed by atoms with van der Waals surface area (Å²) in [6.45, 7) is 1.96. The summed E-state index contributed by atoms with van der Waals surface area (Å²) in [5, 5.41) is 4.31. The molecule has 0 saturated heterocycles. The quantitative estimate of drug-likeness (QED) is 0.666. The van der Waals surface area contributed by atoms with Gasteiger partial charge in [-0.15, -0.1) is 0 Å². The van der Waals surface area contributed by atoms with Crippen molar-refractivity contribution in [2.75, 3.05) is 0 Å². The van der Waals surface area contributed by atoms with Crippen molar-refractivity contribution in [2.24, 2.45) is 0 Å². The van der Waals surface area contributed by atoms with E-state index in [-0.39, 0.29) is 0 Å². The molecule has 3 heterocycles. The Hall–Kier alpha value is -2.67. The molecule has 98 valence electrons. The van der Waals surface area contributed by atoms with Crippen LogP contribution in [0.2, 0.25) is 0 Å². The number of fused-ring (bicyclic) bond motifs is 1. The summed E-state index contributed by atoms with van der Waals surface area (Å²) in [6, 6.07) is 9.70. The van der Waals surface area contributed by atoms with Crippen molar-refractivity contribution in [2.45, 2.75) is 19.8 Å². The first-order valence-electron chi connectivity index (χ1n) is 6.53. The van der Waals surface area contributed by atoms with Crippen LogP contribution < -0.4 is 0 Å². The highest BCUT2D eigenvalue weighted by molar-refractivity contribution is 5.39.